The Balaban J connectivity index is 5.57. The van der Waals surface area contributed by atoms with E-state index in [-0.39, 0.29) is 0 Å². The van der Waals surface area contributed by atoms with Crippen molar-refractivity contribution in [2.75, 3.05) is 13.1 Å². The summed E-state index contributed by atoms with van der Waals surface area (Å²) in [7, 11) is 0. The summed E-state index contributed by atoms with van der Waals surface area (Å²) in [6.45, 7) is -3.10. The van der Waals surface area contributed by atoms with Crippen molar-refractivity contribution in [1.29, 1.82) is 0 Å². The molecule has 0 unspecified atom stereocenters. The van der Waals surface area contributed by atoms with Gasteiger partial charge in [-0.1, -0.05) is 12.8 Å². The third kappa shape index (κ3) is 7.73. The Labute approximate surface area is 287 Å². The first kappa shape index (κ1) is 52.8. The molecule has 0 fully saturated rings. The van der Waals surface area contributed by atoms with Crippen molar-refractivity contribution in [3.8, 4) is 0 Å². The van der Waals surface area contributed by atoms with Crippen LogP contribution in [0.25, 0.3) is 0 Å². The lowest BCUT2D eigenvalue weighted by atomic mass is 9.91. The third-order valence-corrected chi connectivity index (χ3v) is 6.90. The second-order valence-corrected chi connectivity index (χ2v) is 10.8. The third-order valence-electron chi connectivity index (χ3n) is 6.90. The average Bonchev–Trinajstić information content (AvgIpc) is 2.99. The maximum atomic E-state index is 13.8. The van der Waals surface area contributed by atoms with Crippen LogP contribution in [-0.2, 0) is 9.59 Å². The molecule has 4 nitrogen and oxygen atoms in total. The van der Waals surface area contributed by atoms with Crippen LogP contribution in [0, 0.1) is 0 Å². The molecule has 0 saturated carbocycles. The van der Waals surface area contributed by atoms with E-state index in [1.807, 2.05) is 0 Å². The summed E-state index contributed by atoms with van der Waals surface area (Å²) in [5.41, 5.74) is 0. The Morgan fingerprint density at radius 1 is 0.268 bits per heavy atom. The summed E-state index contributed by atoms with van der Waals surface area (Å²) in [5, 5.41) is 1.07. The molecule has 0 aromatic carbocycles. The fourth-order valence-corrected chi connectivity index (χ4v) is 3.45. The predicted octanol–water partition coefficient (Wildman–Crippen LogP) is 9.53. The van der Waals surface area contributed by atoms with E-state index in [1.165, 1.54) is 0 Å². The van der Waals surface area contributed by atoms with Gasteiger partial charge < -0.3 is 10.6 Å². The second kappa shape index (κ2) is 14.9. The van der Waals surface area contributed by atoms with Gasteiger partial charge in [0.25, 0.3) is 11.8 Å². The van der Waals surface area contributed by atoms with Crippen LogP contribution in [0.1, 0.15) is 25.7 Å². The molecule has 0 aliphatic rings. The first-order valence-corrected chi connectivity index (χ1v) is 13.3. The van der Waals surface area contributed by atoms with Crippen LogP contribution in [0.3, 0.4) is 0 Å². The molecule has 0 radical (unpaired) electrons. The molecule has 0 aliphatic carbocycles. The number of rotatable bonds is 19. The highest BCUT2D eigenvalue weighted by Gasteiger charge is 2.95. The quantitative estimate of drug-likeness (QED) is 0.100. The molecule has 0 rings (SSSR count). The van der Waals surface area contributed by atoms with Gasteiger partial charge in [0.2, 0.25) is 0 Å². The molecular weight excluding hydrogens is 894 g/mol. The molecule has 0 aliphatic heterocycles. The molecule has 56 heavy (non-hydrogen) atoms. The van der Waals surface area contributed by atoms with Gasteiger partial charge >= 0.3 is 83.4 Å². The van der Waals surface area contributed by atoms with E-state index in [2.05, 4.69) is 0 Å². The van der Waals surface area contributed by atoms with Crippen molar-refractivity contribution in [2.45, 2.75) is 109 Å². The summed E-state index contributed by atoms with van der Waals surface area (Å²) in [6, 6.07) is 0. The largest absolute Gasteiger partial charge is 0.460 e. The van der Waals surface area contributed by atoms with Gasteiger partial charge in [0.05, 0.1) is 0 Å². The SMILES string of the molecule is O=C(NCCCCCCNC(=O)C(F)(F)C(F)(F)C(F)(F)C(F)(F)C(F)(F)C(F)(F)C(F)(F)F)C(F)(F)C(F)(F)C(F)(F)C(F)(F)C(F)(F)C(F)(F)C(F)(F)F. The van der Waals surface area contributed by atoms with Gasteiger partial charge in [0.15, 0.2) is 0 Å². The van der Waals surface area contributed by atoms with Gasteiger partial charge in [-0.15, -0.1) is 0 Å². The first-order valence-electron chi connectivity index (χ1n) is 13.3. The topological polar surface area (TPSA) is 58.2 Å². The van der Waals surface area contributed by atoms with Gasteiger partial charge in [-0.05, 0) is 12.8 Å². The molecule has 0 bridgehead atoms. The van der Waals surface area contributed by atoms with Gasteiger partial charge in [-0.3, -0.25) is 9.59 Å². The van der Waals surface area contributed by atoms with E-state index in [9.17, 15) is 141 Å². The van der Waals surface area contributed by atoms with Crippen molar-refractivity contribution in [2.24, 2.45) is 0 Å². The van der Waals surface area contributed by atoms with Gasteiger partial charge in [0, 0.05) is 13.1 Å². The monoisotopic (exact) mass is 908 g/mol. The molecule has 2 N–H and O–H groups in total. The van der Waals surface area contributed by atoms with E-state index in [0.29, 0.717) is 10.6 Å². The highest BCUT2D eigenvalue weighted by Crippen LogP contribution is 2.64. The summed E-state index contributed by atoms with van der Waals surface area (Å²) in [6.07, 6.45) is -19.3. The van der Waals surface area contributed by atoms with Crippen LogP contribution in [0.2, 0.25) is 0 Å². The van der Waals surface area contributed by atoms with E-state index >= 15 is 0 Å². The van der Waals surface area contributed by atoms with Gasteiger partial charge in [-0.2, -0.15) is 132 Å². The summed E-state index contributed by atoms with van der Waals surface area (Å²) in [4.78, 5) is 22.6. The predicted molar refractivity (Wildman–Crippen MR) is 116 cm³/mol. The molecule has 0 aromatic rings. The first-order chi connectivity index (χ1) is 24.0. The number of alkyl halides is 30. The lowest BCUT2D eigenvalue weighted by Crippen LogP contribution is -2.74. The minimum atomic E-state index is -8.71. The van der Waals surface area contributed by atoms with E-state index in [4.69, 9.17) is 0 Å². The second-order valence-electron chi connectivity index (χ2n) is 10.8. The fraction of sp³-hybridized carbons (Fsp3) is 0.909. The number of halogens is 30. The maximum Gasteiger partial charge on any atom is 0.460 e. The number of unbranched alkanes of at least 4 members (excludes halogenated alkanes) is 3. The molecule has 2 amide bonds. The van der Waals surface area contributed by atoms with Crippen LogP contribution in [-0.4, -0.2) is 108 Å². The zero-order valence-electron chi connectivity index (χ0n) is 25.4. The number of carbonyl (C=O) groups excluding carboxylic acids is 2. The number of amides is 2. The van der Waals surface area contributed by atoms with Crippen molar-refractivity contribution in [1.82, 2.24) is 10.6 Å². The van der Waals surface area contributed by atoms with Crippen molar-refractivity contribution >= 4 is 11.8 Å². The van der Waals surface area contributed by atoms with Crippen LogP contribution < -0.4 is 10.6 Å². The van der Waals surface area contributed by atoms with Crippen molar-refractivity contribution in [3.05, 3.63) is 0 Å². The Morgan fingerprint density at radius 3 is 0.643 bits per heavy atom. The molecule has 0 atom stereocenters. The number of hydrogen-bond acceptors (Lipinski definition) is 2. The maximum absolute atomic E-state index is 13.8. The van der Waals surface area contributed by atoms with Crippen molar-refractivity contribution < 1.29 is 141 Å². The zero-order chi connectivity index (χ0) is 45.8. The minimum absolute atomic E-state index is 0.536. The van der Waals surface area contributed by atoms with Gasteiger partial charge in [-0.25, -0.2) is 0 Å². The smallest absolute Gasteiger partial charge is 0.351 e. The van der Waals surface area contributed by atoms with E-state index in [1.54, 1.807) is 0 Å². The van der Waals surface area contributed by atoms with Crippen LogP contribution in [0.15, 0.2) is 0 Å². The molecular formula is C22H14F30N2O2. The van der Waals surface area contributed by atoms with E-state index in [0.717, 1.165) is 0 Å². The molecule has 34 heteroatoms. The standard InChI is InChI=1S/C22H14F30N2O2/c23-9(24,11(27,28)13(31,32)15(35,36)17(39,40)19(43,44)21(47,48)49)7(55)53-5-3-1-2-4-6-54-8(56)10(25,26)12(29,30)14(33,34)16(37,38)18(41,42)20(45,46)22(50,51)52/h1-6H2,(H,53,55)(H,54,56). The molecule has 334 valence electrons. The zero-order valence-corrected chi connectivity index (χ0v) is 25.4. The minimum Gasteiger partial charge on any atom is -0.351 e. The summed E-state index contributed by atoms with van der Waals surface area (Å²) >= 11 is 0. The lowest BCUT2D eigenvalue weighted by molar-refractivity contribution is -0.449. The van der Waals surface area contributed by atoms with Crippen LogP contribution in [0.4, 0.5) is 132 Å². The lowest BCUT2D eigenvalue weighted by Gasteiger charge is -2.41. The Bertz CT molecular complexity index is 1290. The average molecular weight is 908 g/mol. The Morgan fingerprint density at radius 2 is 0.446 bits per heavy atom. The summed E-state index contributed by atoms with van der Waals surface area (Å²) < 4.78 is 395. The molecule has 0 spiro atoms. The van der Waals surface area contributed by atoms with E-state index < -0.39 is 134 Å². The molecule has 0 aromatic heterocycles. The number of hydrogen-bond donors (Lipinski definition) is 2. The van der Waals surface area contributed by atoms with Gasteiger partial charge in [0.1, 0.15) is 0 Å². The highest BCUT2D eigenvalue weighted by atomic mass is 19.4. The molecule has 0 heterocycles. The highest BCUT2D eigenvalue weighted by molar-refractivity contribution is 5.85. The van der Waals surface area contributed by atoms with Crippen molar-refractivity contribution in [3.63, 3.8) is 0 Å². The Kier molecular flexibility index (Phi) is 14.1. The summed E-state index contributed by atoms with van der Waals surface area (Å²) in [5.74, 6) is -107. The van der Waals surface area contributed by atoms with Crippen LogP contribution in [0.5, 0.6) is 0 Å². The Hall–Kier alpha value is -3.16. The number of nitrogens with one attached hydrogen (secondary N) is 2. The number of carbonyl (C=O) groups is 2. The molecule has 0 saturated heterocycles. The fourth-order valence-electron chi connectivity index (χ4n) is 3.45. The normalized spacial score (nSPS) is 15.9. The van der Waals surface area contributed by atoms with Crippen LogP contribution >= 0.6 is 0 Å².